The largest absolute Gasteiger partial charge is 0.497 e. The van der Waals surface area contributed by atoms with E-state index in [1.807, 2.05) is 55.5 Å². The highest BCUT2D eigenvalue weighted by atomic mass is 16.5. The Morgan fingerprint density at radius 3 is 2.68 bits per heavy atom. The van der Waals surface area contributed by atoms with E-state index in [0.29, 0.717) is 35.9 Å². The molecule has 5 rings (SSSR count). The van der Waals surface area contributed by atoms with Gasteiger partial charge in [0.05, 0.1) is 18.7 Å². The Hall–Kier alpha value is -4.18. The van der Waals surface area contributed by atoms with Crippen LogP contribution in [0.4, 0.5) is 0 Å². The van der Waals surface area contributed by atoms with Crippen LogP contribution in [-0.4, -0.2) is 58.1 Å². The number of furan rings is 1. The predicted molar refractivity (Wildman–Crippen MR) is 139 cm³/mol. The van der Waals surface area contributed by atoms with Crippen LogP contribution in [0.25, 0.3) is 11.0 Å². The quantitative estimate of drug-likeness (QED) is 0.343. The monoisotopic (exact) mass is 517 g/mol. The first-order valence-electron chi connectivity index (χ1n) is 12.7. The maximum absolute atomic E-state index is 13.9. The molecular formula is C28H31N5O5. The molecular weight excluding hydrogens is 486 g/mol. The van der Waals surface area contributed by atoms with E-state index >= 15 is 0 Å². The van der Waals surface area contributed by atoms with Crippen LogP contribution in [0.15, 0.2) is 65.1 Å². The van der Waals surface area contributed by atoms with Gasteiger partial charge in [0.15, 0.2) is 6.04 Å². The number of amides is 2. The average Bonchev–Trinajstić information content (AvgIpc) is 3.70. The molecule has 0 bridgehead atoms. The number of hydrogen-bond acceptors (Lipinski definition) is 7. The smallest absolute Gasteiger partial charge is 0.250 e. The van der Waals surface area contributed by atoms with E-state index in [1.165, 1.54) is 4.90 Å². The van der Waals surface area contributed by atoms with Crippen molar-refractivity contribution in [1.82, 2.24) is 25.2 Å². The van der Waals surface area contributed by atoms with E-state index in [-0.39, 0.29) is 31.0 Å². The van der Waals surface area contributed by atoms with Gasteiger partial charge in [-0.25, -0.2) is 4.68 Å². The summed E-state index contributed by atoms with van der Waals surface area (Å²) in [5.41, 5.74) is 2.26. The van der Waals surface area contributed by atoms with Gasteiger partial charge in [-0.2, -0.15) is 0 Å². The lowest BCUT2D eigenvalue weighted by atomic mass is 10.1. The van der Waals surface area contributed by atoms with Crippen molar-refractivity contribution in [1.29, 1.82) is 0 Å². The Morgan fingerprint density at radius 1 is 1.16 bits per heavy atom. The maximum atomic E-state index is 13.9. The molecule has 2 amide bonds. The fourth-order valence-corrected chi connectivity index (χ4v) is 4.65. The summed E-state index contributed by atoms with van der Waals surface area (Å²) in [5, 5.41) is 11.3. The van der Waals surface area contributed by atoms with Crippen molar-refractivity contribution in [3.63, 3.8) is 0 Å². The van der Waals surface area contributed by atoms with Crippen LogP contribution in [0.1, 0.15) is 36.0 Å². The molecule has 38 heavy (non-hydrogen) atoms. The summed E-state index contributed by atoms with van der Waals surface area (Å²) in [5.74, 6) is 1.10. The Labute approximate surface area is 220 Å². The topological polar surface area (TPSA) is 112 Å². The molecule has 198 valence electrons. The van der Waals surface area contributed by atoms with E-state index in [4.69, 9.17) is 13.9 Å². The zero-order chi connectivity index (χ0) is 26.5. The summed E-state index contributed by atoms with van der Waals surface area (Å²) in [4.78, 5) is 29.1. The average molecular weight is 518 g/mol. The van der Waals surface area contributed by atoms with Gasteiger partial charge >= 0.3 is 0 Å². The molecule has 2 aromatic heterocycles. The third-order valence-corrected chi connectivity index (χ3v) is 6.66. The van der Waals surface area contributed by atoms with Crippen LogP contribution >= 0.6 is 0 Å². The molecule has 2 atom stereocenters. The summed E-state index contributed by atoms with van der Waals surface area (Å²) >= 11 is 0. The molecule has 1 aliphatic rings. The lowest BCUT2D eigenvalue weighted by Gasteiger charge is -2.30. The van der Waals surface area contributed by atoms with Gasteiger partial charge in [0.25, 0.3) is 5.91 Å². The van der Waals surface area contributed by atoms with Crippen LogP contribution in [-0.2, 0) is 27.4 Å². The molecule has 0 radical (unpaired) electrons. The SMILES string of the molecule is COc1ccc(CN(C(=O)Cn2nnc3ccccc32)[C@H](C(=O)NC[C@@H]2CCCO2)c2ccc(C)o2)cc1. The van der Waals surface area contributed by atoms with Crippen molar-refractivity contribution < 1.29 is 23.5 Å². The summed E-state index contributed by atoms with van der Waals surface area (Å²) in [6, 6.07) is 17.4. The van der Waals surface area contributed by atoms with Gasteiger partial charge in [0.1, 0.15) is 29.3 Å². The first kappa shape index (κ1) is 25.5. The number of nitrogens with zero attached hydrogens (tertiary/aromatic N) is 4. The van der Waals surface area contributed by atoms with Crippen LogP contribution in [0, 0.1) is 6.92 Å². The Morgan fingerprint density at radius 2 is 1.97 bits per heavy atom. The van der Waals surface area contributed by atoms with Gasteiger partial charge in [0, 0.05) is 19.7 Å². The van der Waals surface area contributed by atoms with Gasteiger partial charge < -0.3 is 24.1 Å². The van der Waals surface area contributed by atoms with Gasteiger partial charge in [-0.15, -0.1) is 5.10 Å². The number of rotatable bonds is 10. The van der Waals surface area contributed by atoms with Crippen LogP contribution < -0.4 is 10.1 Å². The highest BCUT2D eigenvalue weighted by Gasteiger charge is 2.35. The maximum Gasteiger partial charge on any atom is 0.250 e. The summed E-state index contributed by atoms with van der Waals surface area (Å²) in [6.07, 6.45) is 1.82. The molecule has 1 N–H and O–H groups in total. The van der Waals surface area contributed by atoms with E-state index in [1.54, 1.807) is 23.9 Å². The fraction of sp³-hybridized carbons (Fsp3) is 0.357. The Bertz CT molecular complexity index is 1390. The first-order valence-corrected chi connectivity index (χ1v) is 12.7. The van der Waals surface area contributed by atoms with Crippen LogP contribution in [0.3, 0.4) is 0 Å². The molecule has 0 saturated carbocycles. The number of nitrogens with one attached hydrogen (secondary N) is 1. The minimum Gasteiger partial charge on any atom is -0.497 e. The van der Waals surface area contributed by atoms with E-state index in [2.05, 4.69) is 15.6 Å². The number of aromatic nitrogens is 3. The number of hydrogen-bond donors (Lipinski definition) is 1. The number of para-hydroxylation sites is 1. The molecule has 0 spiro atoms. The summed E-state index contributed by atoms with van der Waals surface area (Å²) in [7, 11) is 1.60. The number of fused-ring (bicyclic) bond motifs is 1. The minimum atomic E-state index is -0.991. The molecule has 4 aromatic rings. The highest BCUT2D eigenvalue weighted by Crippen LogP contribution is 2.27. The summed E-state index contributed by atoms with van der Waals surface area (Å²) < 4.78 is 18.4. The fourth-order valence-electron chi connectivity index (χ4n) is 4.65. The zero-order valence-corrected chi connectivity index (χ0v) is 21.5. The highest BCUT2D eigenvalue weighted by molar-refractivity contribution is 5.88. The second-order valence-corrected chi connectivity index (χ2v) is 9.34. The number of ether oxygens (including phenoxy) is 2. The minimum absolute atomic E-state index is 0.0369. The van der Waals surface area contributed by atoms with E-state index in [0.717, 1.165) is 23.9 Å². The molecule has 1 aliphatic heterocycles. The van der Waals surface area contributed by atoms with Gasteiger partial charge in [-0.1, -0.05) is 29.5 Å². The molecule has 0 unspecified atom stereocenters. The number of aryl methyl sites for hydroxylation is 1. The second-order valence-electron chi connectivity index (χ2n) is 9.34. The Kier molecular flexibility index (Phi) is 7.69. The number of carbonyl (C=O) groups is 2. The van der Waals surface area contributed by atoms with Crippen molar-refractivity contribution in [2.75, 3.05) is 20.3 Å². The lowest BCUT2D eigenvalue weighted by molar-refractivity contribution is -0.143. The molecule has 10 heteroatoms. The molecule has 2 aromatic carbocycles. The van der Waals surface area contributed by atoms with Crippen molar-refractivity contribution in [2.45, 2.75) is 45.0 Å². The van der Waals surface area contributed by atoms with Gasteiger partial charge in [-0.05, 0) is 61.7 Å². The molecule has 1 saturated heterocycles. The van der Waals surface area contributed by atoms with Crippen molar-refractivity contribution in [3.8, 4) is 5.75 Å². The third kappa shape index (κ3) is 5.70. The van der Waals surface area contributed by atoms with Gasteiger partial charge in [-0.3, -0.25) is 9.59 Å². The molecule has 3 heterocycles. The van der Waals surface area contributed by atoms with Crippen molar-refractivity contribution in [2.24, 2.45) is 0 Å². The third-order valence-electron chi connectivity index (χ3n) is 6.66. The van der Waals surface area contributed by atoms with Gasteiger partial charge in [0.2, 0.25) is 5.91 Å². The lowest BCUT2D eigenvalue weighted by Crippen LogP contribution is -2.46. The van der Waals surface area contributed by atoms with E-state index in [9.17, 15) is 9.59 Å². The summed E-state index contributed by atoms with van der Waals surface area (Å²) in [6.45, 7) is 2.95. The number of methoxy groups -OCH3 is 1. The van der Waals surface area contributed by atoms with Crippen molar-refractivity contribution in [3.05, 3.63) is 77.7 Å². The normalized spacial score (nSPS) is 15.9. The number of benzene rings is 2. The van der Waals surface area contributed by atoms with Crippen LogP contribution in [0.2, 0.25) is 0 Å². The predicted octanol–water partition coefficient (Wildman–Crippen LogP) is 3.41. The first-order chi connectivity index (χ1) is 18.5. The molecule has 10 nitrogen and oxygen atoms in total. The molecule has 0 aliphatic carbocycles. The second kappa shape index (κ2) is 11.5. The van der Waals surface area contributed by atoms with Crippen molar-refractivity contribution >= 4 is 22.8 Å². The zero-order valence-electron chi connectivity index (χ0n) is 21.5. The number of carbonyl (C=O) groups excluding carboxylic acids is 2. The Balaban J connectivity index is 1.47. The van der Waals surface area contributed by atoms with E-state index < -0.39 is 6.04 Å². The standard InChI is InChI=1S/C28H31N5O5/c1-19-9-14-25(38-19)27(28(35)29-16-22-6-5-15-37-22)32(17-20-10-12-21(36-2)13-11-20)26(34)18-33-24-8-4-3-7-23(24)30-31-33/h3-4,7-14,22,27H,5-6,15-18H2,1-2H3,(H,29,35)/t22-,27-/m0/s1. The van der Waals surface area contributed by atoms with Crippen LogP contribution in [0.5, 0.6) is 5.75 Å². The molecule has 1 fully saturated rings.